The quantitative estimate of drug-likeness (QED) is 0.877. The zero-order chi connectivity index (χ0) is 12.5. The predicted molar refractivity (Wildman–Crippen MR) is 73.9 cm³/mol. The van der Waals surface area contributed by atoms with Crippen molar-refractivity contribution in [3.8, 4) is 0 Å². The summed E-state index contributed by atoms with van der Waals surface area (Å²) in [7, 11) is 0. The molecule has 1 aromatic rings. The molecule has 2 atom stereocenters. The topological polar surface area (TPSA) is 48.4 Å². The summed E-state index contributed by atoms with van der Waals surface area (Å²) in [4.78, 5) is 8.30. The van der Waals surface area contributed by atoms with Crippen LogP contribution in [0.25, 0.3) is 0 Å². The molecular weight excluding hydrogens is 246 g/mol. The van der Waals surface area contributed by atoms with Crippen LogP contribution in [-0.2, 0) is 6.54 Å². The largest absolute Gasteiger partial charge is 0.393 e. The van der Waals surface area contributed by atoms with Gasteiger partial charge in [-0.15, -0.1) is 11.3 Å². The Morgan fingerprint density at radius 3 is 2.83 bits per heavy atom. The summed E-state index contributed by atoms with van der Waals surface area (Å²) in [6, 6.07) is 1.17. The van der Waals surface area contributed by atoms with Crippen molar-refractivity contribution >= 4 is 16.5 Å². The Balaban J connectivity index is 1.65. The Labute approximate surface area is 112 Å². The molecule has 2 saturated heterocycles. The molecule has 100 valence electrons. The SMILES string of the molecule is CCNc1ncc(CN2C3CCC2CC(O)C3)s1. The number of anilines is 1. The predicted octanol–water partition coefficient (Wildman–Crippen LogP) is 2.06. The second-order valence-corrected chi connectivity index (χ2v) is 6.46. The summed E-state index contributed by atoms with van der Waals surface area (Å²) in [5, 5.41) is 14.1. The molecule has 0 radical (unpaired) electrons. The molecule has 0 aromatic carbocycles. The molecule has 0 spiro atoms. The molecule has 0 amide bonds. The molecule has 2 N–H and O–H groups in total. The highest BCUT2D eigenvalue weighted by molar-refractivity contribution is 7.15. The Kier molecular flexibility index (Phi) is 3.54. The molecule has 5 heteroatoms. The lowest BCUT2D eigenvalue weighted by atomic mass is 10.00. The van der Waals surface area contributed by atoms with Crippen LogP contribution in [-0.4, -0.2) is 39.7 Å². The Bertz CT molecular complexity index is 395. The van der Waals surface area contributed by atoms with E-state index in [1.165, 1.54) is 17.7 Å². The van der Waals surface area contributed by atoms with E-state index in [4.69, 9.17) is 0 Å². The van der Waals surface area contributed by atoms with Gasteiger partial charge in [0.1, 0.15) is 0 Å². The maximum atomic E-state index is 9.80. The van der Waals surface area contributed by atoms with Gasteiger partial charge in [-0.05, 0) is 32.6 Å². The van der Waals surface area contributed by atoms with Crippen LogP contribution >= 0.6 is 11.3 Å². The van der Waals surface area contributed by atoms with Crippen LogP contribution in [0, 0.1) is 0 Å². The maximum Gasteiger partial charge on any atom is 0.182 e. The maximum absolute atomic E-state index is 9.80. The number of aliphatic hydroxyl groups excluding tert-OH is 1. The molecule has 2 aliphatic rings. The first-order valence-electron chi connectivity index (χ1n) is 6.88. The standard InChI is InChI=1S/C13H21N3OS/c1-2-14-13-15-7-12(18-13)8-16-9-3-4-10(16)6-11(17)5-9/h7,9-11,17H,2-6,8H2,1H3,(H,14,15). The van der Waals surface area contributed by atoms with Crippen LogP contribution in [0.4, 0.5) is 5.13 Å². The van der Waals surface area contributed by atoms with Crippen molar-refractivity contribution in [3.63, 3.8) is 0 Å². The molecule has 2 bridgehead atoms. The van der Waals surface area contributed by atoms with E-state index in [-0.39, 0.29) is 6.10 Å². The summed E-state index contributed by atoms with van der Waals surface area (Å²) in [6.45, 7) is 4.02. The number of hydrogen-bond donors (Lipinski definition) is 2. The molecule has 2 aliphatic heterocycles. The van der Waals surface area contributed by atoms with Crippen LogP contribution in [0.2, 0.25) is 0 Å². The number of hydrogen-bond acceptors (Lipinski definition) is 5. The summed E-state index contributed by atoms with van der Waals surface area (Å²) >= 11 is 1.76. The third-order valence-corrected chi connectivity index (χ3v) is 5.02. The van der Waals surface area contributed by atoms with Crippen LogP contribution in [0.3, 0.4) is 0 Å². The minimum absolute atomic E-state index is 0.0717. The molecule has 3 rings (SSSR count). The van der Waals surface area contributed by atoms with Gasteiger partial charge >= 0.3 is 0 Å². The van der Waals surface area contributed by atoms with Crippen LogP contribution in [0.15, 0.2) is 6.20 Å². The fourth-order valence-electron chi connectivity index (χ4n) is 3.30. The number of nitrogens with zero attached hydrogens (tertiary/aromatic N) is 2. The minimum atomic E-state index is -0.0717. The molecule has 2 unspecified atom stereocenters. The molecule has 0 saturated carbocycles. The number of aromatic nitrogens is 1. The third kappa shape index (κ3) is 2.39. The number of nitrogens with one attached hydrogen (secondary N) is 1. The van der Waals surface area contributed by atoms with E-state index in [0.717, 1.165) is 31.1 Å². The number of aliphatic hydroxyl groups is 1. The van der Waals surface area contributed by atoms with Crippen LogP contribution < -0.4 is 5.32 Å². The zero-order valence-electron chi connectivity index (χ0n) is 10.8. The third-order valence-electron chi connectivity index (χ3n) is 4.08. The monoisotopic (exact) mass is 267 g/mol. The van der Waals surface area contributed by atoms with E-state index in [1.807, 2.05) is 6.20 Å². The lowest BCUT2D eigenvalue weighted by Gasteiger charge is -2.36. The Hall–Kier alpha value is -0.650. The van der Waals surface area contributed by atoms with Crippen molar-refractivity contribution in [2.75, 3.05) is 11.9 Å². The lowest BCUT2D eigenvalue weighted by molar-refractivity contribution is 0.0315. The molecule has 2 fully saturated rings. The van der Waals surface area contributed by atoms with Crippen molar-refractivity contribution in [2.45, 2.75) is 57.3 Å². The van der Waals surface area contributed by atoms with E-state index in [9.17, 15) is 5.11 Å². The first-order chi connectivity index (χ1) is 8.76. The van der Waals surface area contributed by atoms with E-state index in [0.29, 0.717) is 12.1 Å². The molecule has 4 nitrogen and oxygen atoms in total. The van der Waals surface area contributed by atoms with Gasteiger partial charge in [0.15, 0.2) is 5.13 Å². The van der Waals surface area contributed by atoms with E-state index in [2.05, 4.69) is 22.1 Å². The van der Waals surface area contributed by atoms with Crippen LogP contribution in [0.5, 0.6) is 0 Å². The van der Waals surface area contributed by atoms with Crippen LogP contribution in [0.1, 0.15) is 37.5 Å². The highest BCUT2D eigenvalue weighted by atomic mass is 32.1. The van der Waals surface area contributed by atoms with E-state index >= 15 is 0 Å². The van der Waals surface area contributed by atoms with Gasteiger partial charge in [-0.2, -0.15) is 0 Å². The van der Waals surface area contributed by atoms with Gasteiger partial charge in [-0.25, -0.2) is 4.98 Å². The summed E-state index contributed by atoms with van der Waals surface area (Å²) in [5.41, 5.74) is 0. The highest BCUT2D eigenvalue weighted by Gasteiger charge is 2.40. The second-order valence-electron chi connectivity index (χ2n) is 5.34. The van der Waals surface area contributed by atoms with Gasteiger partial charge in [-0.1, -0.05) is 0 Å². The Morgan fingerprint density at radius 2 is 2.17 bits per heavy atom. The summed E-state index contributed by atoms with van der Waals surface area (Å²) < 4.78 is 0. The minimum Gasteiger partial charge on any atom is -0.393 e. The van der Waals surface area contributed by atoms with Gasteiger partial charge in [0.25, 0.3) is 0 Å². The van der Waals surface area contributed by atoms with Crippen molar-refractivity contribution in [3.05, 3.63) is 11.1 Å². The first kappa shape index (κ1) is 12.4. The second kappa shape index (κ2) is 5.15. The molecule has 1 aromatic heterocycles. The molecule has 3 heterocycles. The van der Waals surface area contributed by atoms with E-state index < -0.39 is 0 Å². The molecular formula is C13H21N3OS. The highest BCUT2D eigenvalue weighted by Crippen LogP contribution is 2.37. The van der Waals surface area contributed by atoms with Gasteiger partial charge in [0.2, 0.25) is 0 Å². The van der Waals surface area contributed by atoms with Crippen molar-refractivity contribution < 1.29 is 5.11 Å². The Morgan fingerprint density at radius 1 is 1.44 bits per heavy atom. The van der Waals surface area contributed by atoms with Crippen molar-refractivity contribution in [2.24, 2.45) is 0 Å². The van der Waals surface area contributed by atoms with Gasteiger partial charge in [-0.3, -0.25) is 4.90 Å². The number of thiazole rings is 1. The van der Waals surface area contributed by atoms with Crippen molar-refractivity contribution in [1.29, 1.82) is 0 Å². The fraction of sp³-hybridized carbons (Fsp3) is 0.769. The average molecular weight is 267 g/mol. The van der Waals surface area contributed by atoms with Gasteiger partial charge in [0.05, 0.1) is 6.10 Å². The number of fused-ring (bicyclic) bond motifs is 2. The van der Waals surface area contributed by atoms with Gasteiger partial charge in [0, 0.05) is 36.2 Å². The lowest BCUT2D eigenvalue weighted by Crippen LogP contribution is -2.43. The molecule has 0 aliphatic carbocycles. The zero-order valence-corrected chi connectivity index (χ0v) is 11.6. The average Bonchev–Trinajstić information content (AvgIpc) is 2.85. The van der Waals surface area contributed by atoms with E-state index in [1.54, 1.807) is 11.3 Å². The summed E-state index contributed by atoms with van der Waals surface area (Å²) in [6.07, 6.45) is 6.33. The first-order valence-corrected chi connectivity index (χ1v) is 7.70. The smallest absolute Gasteiger partial charge is 0.182 e. The molecule has 18 heavy (non-hydrogen) atoms. The fourth-order valence-corrected chi connectivity index (χ4v) is 4.19. The normalized spacial score (nSPS) is 31.8. The number of rotatable bonds is 4. The number of piperidine rings is 1. The van der Waals surface area contributed by atoms with Gasteiger partial charge < -0.3 is 10.4 Å². The summed E-state index contributed by atoms with van der Waals surface area (Å²) in [5.74, 6) is 0. The van der Waals surface area contributed by atoms with Crippen molar-refractivity contribution in [1.82, 2.24) is 9.88 Å².